The number of hydrogen-bond acceptors (Lipinski definition) is 4. The number of carboxylic acid groups (broad SMARTS) is 2. The predicted molar refractivity (Wildman–Crippen MR) is 68.7 cm³/mol. The molecule has 0 aromatic heterocycles. The van der Waals surface area contributed by atoms with Gasteiger partial charge in [-0.15, -0.1) is 11.8 Å². The highest BCUT2D eigenvalue weighted by atomic mass is 32.2. The number of rotatable bonds is 7. The second-order valence-corrected chi connectivity index (χ2v) is 4.60. The summed E-state index contributed by atoms with van der Waals surface area (Å²) in [5.41, 5.74) is 0.921. The Labute approximate surface area is 109 Å². The maximum absolute atomic E-state index is 10.8. The van der Waals surface area contributed by atoms with Gasteiger partial charge in [0.25, 0.3) is 0 Å². The number of nitrogens with one attached hydrogen (secondary N) is 1. The molecule has 0 bridgehead atoms. The average molecular weight is 269 g/mol. The fourth-order valence-corrected chi connectivity index (χ4v) is 1.81. The van der Waals surface area contributed by atoms with Crippen LogP contribution in [0.2, 0.25) is 0 Å². The molecule has 0 spiro atoms. The van der Waals surface area contributed by atoms with Gasteiger partial charge in [-0.25, -0.2) is 0 Å². The first kappa shape index (κ1) is 14.5. The van der Waals surface area contributed by atoms with E-state index in [2.05, 4.69) is 5.32 Å². The molecule has 0 radical (unpaired) electrons. The molecule has 5 nitrogen and oxygen atoms in total. The third-order valence-corrected chi connectivity index (χ3v) is 3.13. The minimum absolute atomic E-state index is 0.332. The third kappa shape index (κ3) is 4.77. The van der Waals surface area contributed by atoms with Crippen molar-refractivity contribution in [3.63, 3.8) is 0 Å². The van der Waals surface area contributed by atoms with Crippen LogP contribution in [0.5, 0.6) is 0 Å². The highest BCUT2D eigenvalue weighted by Gasteiger charge is 2.19. The monoisotopic (exact) mass is 269 g/mol. The number of carboxylic acids is 2. The molecule has 0 saturated carbocycles. The quantitative estimate of drug-likeness (QED) is 0.649. The Morgan fingerprint density at radius 1 is 1.28 bits per heavy atom. The summed E-state index contributed by atoms with van der Waals surface area (Å²) in [4.78, 5) is 22.5. The van der Waals surface area contributed by atoms with Crippen molar-refractivity contribution in [2.45, 2.75) is 23.9 Å². The van der Waals surface area contributed by atoms with Crippen LogP contribution < -0.4 is 5.32 Å². The number of thioether (sulfide) groups is 1. The number of carbonyl (C=O) groups is 2. The second-order valence-electron chi connectivity index (χ2n) is 3.72. The van der Waals surface area contributed by atoms with Gasteiger partial charge in [-0.05, 0) is 24.0 Å². The van der Waals surface area contributed by atoms with Gasteiger partial charge in [0.15, 0.2) is 0 Å². The zero-order valence-electron chi connectivity index (χ0n) is 9.92. The SMILES string of the molecule is CSc1ccc(CNC(CC(=O)O)C(=O)O)cc1. The van der Waals surface area contributed by atoms with Gasteiger partial charge in [0.2, 0.25) is 0 Å². The standard InChI is InChI=1S/C12H15NO4S/c1-18-9-4-2-8(3-5-9)7-13-10(12(16)17)6-11(14)15/h2-5,10,13H,6-7H2,1H3,(H,14,15)(H,16,17). The molecule has 0 saturated heterocycles. The largest absolute Gasteiger partial charge is 0.481 e. The summed E-state index contributed by atoms with van der Waals surface area (Å²) in [5, 5.41) is 20.2. The Bertz CT molecular complexity index is 419. The molecule has 0 fully saturated rings. The van der Waals surface area contributed by atoms with Crippen molar-refractivity contribution in [1.82, 2.24) is 5.32 Å². The van der Waals surface area contributed by atoms with Gasteiger partial charge < -0.3 is 10.2 Å². The minimum atomic E-state index is -1.15. The summed E-state index contributed by atoms with van der Waals surface area (Å²) in [5.74, 6) is -2.29. The van der Waals surface area contributed by atoms with Gasteiger partial charge in [-0.2, -0.15) is 0 Å². The second kappa shape index (κ2) is 7.03. The zero-order chi connectivity index (χ0) is 13.5. The van der Waals surface area contributed by atoms with Gasteiger partial charge in [-0.3, -0.25) is 14.9 Å². The van der Waals surface area contributed by atoms with E-state index >= 15 is 0 Å². The van der Waals surface area contributed by atoms with E-state index in [-0.39, 0.29) is 0 Å². The molecular formula is C12H15NO4S. The normalized spacial score (nSPS) is 12.1. The van der Waals surface area contributed by atoms with Crippen LogP contribution in [0.4, 0.5) is 0 Å². The van der Waals surface area contributed by atoms with Gasteiger partial charge in [0.05, 0.1) is 6.42 Å². The van der Waals surface area contributed by atoms with Crippen molar-refractivity contribution >= 4 is 23.7 Å². The molecule has 1 unspecified atom stereocenters. The highest BCUT2D eigenvalue weighted by Crippen LogP contribution is 2.14. The minimum Gasteiger partial charge on any atom is -0.481 e. The van der Waals surface area contributed by atoms with Crippen molar-refractivity contribution in [3.8, 4) is 0 Å². The Hall–Kier alpha value is -1.53. The van der Waals surface area contributed by atoms with E-state index in [0.29, 0.717) is 6.54 Å². The molecule has 18 heavy (non-hydrogen) atoms. The molecule has 0 amide bonds. The molecular weight excluding hydrogens is 254 g/mol. The lowest BCUT2D eigenvalue weighted by molar-refractivity contribution is -0.146. The number of benzene rings is 1. The van der Waals surface area contributed by atoms with Crippen LogP contribution in [0.3, 0.4) is 0 Å². The van der Waals surface area contributed by atoms with Crippen LogP contribution in [0.25, 0.3) is 0 Å². The van der Waals surface area contributed by atoms with E-state index in [4.69, 9.17) is 10.2 Å². The van der Waals surface area contributed by atoms with Gasteiger partial charge in [0, 0.05) is 11.4 Å². The molecule has 1 atom stereocenters. The highest BCUT2D eigenvalue weighted by molar-refractivity contribution is 7.98. The predicted octanol–water partition coefficient (Wildman–Crippen LogP) is 1.43. The summed E-state index contributed by atoms with van der Waals surface area (Å²) in [6, 6.07) is 6.59. The van der Waals surface area contributed by atoms with Crippen LogP contribution >= 0.6 is 11.8 Å². The summed E-state index contributed by atoms with van der Waals surface area (Å²) < 4.78 is 0. The molecule has 3 N–H and O–H groups in total. The number of aliphatic carboxylic acids is 2. The van der Waals surface area contributed by atoms with Crippen LogP contribution in [-0.2, 0) is 16.1 Å². The van der Waals surface area contributed by atoms with Crippen LogP contribution in [0.15, 0.2) is 29.2 Å². The summed E-state index contributed by atoms with van der Waals surface area (Å²) in [7, 11) is 0. The molecule has 0 aliphatic carbocycles. The van der Waals surface area contributed by atoms with Gasteiger partial charge in [-0.1, -0.05) is 12.1 Å². The Kier molecular flexibility index (Phi) is 5.67. The average Bonchev–Trinajstić information content (AvgIpc) is 2.34. The molecule has 6 heteroatoms. The molecule has 0 aliphatic heterocycles. The maximum Gasteiger partial charge on any atom is 0.321 e. The van der Waals surface area contributed by atoms with E-state index in [9.17, 15) is 9.59 Å². The van der Waals surface area contributed by atoms with Crippen molar-refractivity contribution < 1.29 is 19.8 Å². The van der Waals surface area contributed by atoms with Crippen LogP contribution in [-0.4, -0.2) is 34.4 Å². The summed E-state index contributed by atoms with van der Waals surface area (Å²) in [6.07, 6.45) is 1.54. The van der Waals surface area contributed by atoms with Crippen LogP contribution in [0.1, 0.15) is 12.0 Å². The summed E-state index contributed by atoms with van der Waals surface area (Å²) in [6.45, 7) is 0.332. The van der Waals surface area contributed by atoms with Crippen molar-refractivity contribution in [2.75, 3.05) is 6.26 Å². The zero-order valence-corrected chi connectivity index (χ0v) is 10.7. The first-order valence-corrected chi connectivity index (χ1v) is 6.56. The topological polar surface area (TPSA) is 86.6 Å². The van der Waals surface area contributed by atoms with E-state index in [0.717, 1.165) is 10.5 Å². The first-order valence-electron chi connectivity index (χ1n) is 5.34. The van der Waals surface area contributed by atoms with Crippen molar-refractivity contribution in [3.05, 3.63) is 29.8 Å². The van der Waals surface area contributed by atoms with Crippen molar-refractivity contribution in [1.29, 1.82) is 0 Å². The molecule has 0 heterocycles. The van der Waals surface area contributed by atoms with E-state index < -0.39 is 24.4 Å². The van der Waals surface area contributed by atoms with Gasteiger partial charge >= 0.3 is 11.9 Å². The lowest BCUT2D eigenvalue weighted by atomic mass is 10.1. The molecule has 1 aromatic carbocycles. The smallest absolute Gasteiger partial charge is 0.321 e. The van der Waals surface area contributed by atoms with E-state index in [1.165, 1.54) is 0 Å². The Balaban J connectivity index is 2.55. The first-order chi connectivity index (χ1) is 8.52. The van der Waals surface area contributed by atoms with E-state index in [1.807, 2.05) is 30.5 Å². The maximum atomic E-state index is 10.8. The van der Waals surface area contributed by atoms with Crippen LogP contribution in [0, 0.1) is 0 Å². The third-order valence-electron chi connectivity index (χ3n) is 2.39. The molecule has 1 aromatic rings. The Morgan fingerprint density at radius 2 is 1.89 bits per heavy atom. The molecule has 1 rings (SSSR count). The fraction of sp³-hybridized carbons (Fsp3) is 0.333. The van der Waals surface area contributed by atoms with Crippen molar-refractivity contribution in [2.24, 2.45) is 0 Å². The Morgan fingerprint density at radius 3 is 2.33 bits per heavy atom. The molecule has 0 aliphatic rings. The fourth-order valence-electron chi connectivity index (χ4n) is 1.41. The number of hydrogen-bond donors (Lipinski definition) is 3. The van der Waals surface area contributed by atoms with E-state index in [1.54, 1.807) is 11.8 Å². The summed E-state index contributed by atoms with van der Waals surface area (Å²) >= 11 is 1.62. The lowest BCUT2D eigenvalue weighted by Gasteiger charge is -2.12. The van der Waals surface area contributed by atoms with Gasteiger partial charge in [0.1, 0.15) is 6.04 Å². The molecule has 98 valence electrons. The lowest BCUT2D eigenvalue weighted by Crippen LogP contribution is -2.38.